The number of ether oxygens (including phenoxy) is 1. The van der Waals surface area contributed by atoms with E-state index in [-0.39, 0.29) is 50.4 Å². The molecule has 0 saturated carbocycles. The molecule has 52 heavy (non-hydrogen) atoms. The number of benzene rings is 3. The lowest BCUT2D eigenvalue weighted by atomic mass is 9.88. The van der Waals surface area contributed by atoms with Crippen LogP contribution in [-0.2, 0) is 34.5 Å². The molecule has 1 unspecified atom stereocenters. The van der Waals surface area contributed by atoms with Crippen molar-refractivity contribution in [2.24, 2.45) is 5.92 Å². The van der Waals surface area contributed by atoms with E-state index in [1.165, 1.54) is 11.8 Å². The second-order valence-corrected chi connectivity index (χ2v) is 15.2. The third-order valence-electron chi connectivity index (χ3n) is 9.85. The first kappa shape index (κ1) is 39.1. The van der Waals surface area contributed by atoms with E-state index in [9.17, 15) is 57.5 Å². The van der Waals surface area contributed by atoms with E-state index in [4.69, 9.17) is 0 Å². The maximum Gasteiger partial charge on any atom is 0.430 e. The maximum absolute atomic E-state index is 14.7. The summed E-state index contributed by atoms with van der Waals surface area (Å²) in [4.78, 5) is 27.8. The summed E-state index contributed by atoms with van der Waals surface area (Å²) >= 11 is 0. The van der Waals surface area contributed by atoms with E-state index in [1.807, 2.05) is 0 Å². The SMILES string of the molecule is CC(=O)N1CCC(C(=O)N2CC[C@](c3ccc(C(OC(C)c4c(F)cccc4F)(C(F)(F)F)C(F)(F)F)cc3)(S(=O)(=O)c3ccc(F)cc3)C2)CC1. The highest BCUT2D eigenvalue weighted by atomic mass is 32.2. The average molecular weight is 765 g/mol. The van der Waals surface area contributed by atoms with Crippen LogP contribution in [0.15, 0.2) is 71.6 Å². The highest BCUT2D eigenvalue weighted by molar-refractivity contribution is 7.92. The fourth-order valence-electron chi connectivity index (χ4n) is 7.04. The fourth-order valence-corrected chi connectivity index (χ4v) is 9.12. The number of carbonyl (C=O) groups is 2. The number of likely N-dealkylation sites (tertiary alicyclic amines) is 2. The van der Waals surface area contributed by atoms with Gasteiger partial charge in [-0.2, -0.15) is 26.3 Å². The molecule has 5 rings (SSSR count). The van der Waals surface area contributed by atoms with Gasteiger partial charge in [0.1, 0.15) is 22.2 Å². The van der Waals surface area contributed by atoms with E-state index in [2.05, 4.69) is 4.74 Å². The summed E-state index contributed by atoms with van der Waals surface area (Å²) < 4.78 is 162. The molecule has 0 radical (unpaired) electrons. The smallest absolute Gasteiger partial charge is 0.346 e. The van der Waals surface area contributed by atoms with Gasteiger partial charge in [0, 0.05) is 44.6 Å². The average Bonchev–Trinajstić information content (AvgIpc) is 3.53. The Labute approximate surface area is 293 Å². The van der Waals surface area contributed by atoms with Crippen LogP contribution in [0, 0.1) is 23.4 Å². The van der Waals surface area contributed by atoms with Crippen molar-refractivity contribution < 1.29 is 62.3 Å². The predicted molar refractivity (Wildman–Crippen MR) is 168 cm³/mol. The van der Waals surface area contributed by atoms with Gasteiger partial charge in [0.15, 0.2) is 9.84 Å². The van der Waals surface area contributed by atoms with Gasteiger partial charge in [0.2, 0.25) is 11.8 Å². The van der Waals surface area contributed by atoms with Gasteiger partial charge < -0.3 is 14.5 Å². The number of nitrogens with zero attached hydrogens (tertiary/aromatic N) is 2. The van der Waals surface area contributed by atoms with Gasteiger partial charge in [0.25, 0.3) is 5.60 Å². The number of amides is 2. The van der Waals surface area contributed by atoms with Crippen molar-refractivity contribution in [1.29, 1.82) is 0 Å². The Morgan fingerprint density at radius 3 is 1.85 bits per heavy atom. The van der Waals surface area contributed by atoms with Crippen molar-refractivity contribution in [1.82, 2.24) is 9.80 Å². The minimum atomic E-state index is -6.25. The lowest BCUT2D eigenvalue weighted by Crippen LogP contribution is -2.56. The highest BCUT2D eigenvalue weighted by Gasteiger charge is 2.74. The molecule has 3 aromatic rings. The number of piperidine rings is 1. The minimum Gasteiger partial charge on any atom is -0.346 e. The van der Waals surface area contributed by atoms with Crippen LogP contribution in [0.25, 0.3) is 0 Å². The van der Waals surface area contributed by atoms with E-state index in [1.54, 1.807) is 4.90 Å². The first-order valence-corrected chi connectivity index (χ1v) is 17.6. The Bertz CT molecular complexity index is 1880. The Morgan fingerprint density at radius 2 is 1.35 bits per heavy atom. The van der Waals surface area contributed by atoms with E-state index < -0.39 is 90.5 Å². The molecule has 0 spiro atoms. The number of hydrogen-bond acceptors (Lipinski definition) is 5. The van der Waals surface area contributed by atoms with Gasteiger partial charge in [-0.3, -0.25) is 9.59 Å². The van der Waals surface area contributed by atoms with Crippen molar-refractivity contribution in [3.63, 3.8) is 0 Å². The zero-order valence-corrected chi connectivity index (χ0v) is 28.5. The molecule has 17 heteroatoms. The highest BCUT2D eigenvalue weighted by Crippen LogP contribution is 2.55. The molecule has 0 aromatic heterocycles. The number of hydrogen-bond donors (Lipinski definition) is 0. The van der Waals surface area contributed by atoms with Crippen LogP contribution in [0.5, 0.6) is 0 Å². The van der Waals surface area contributed by atoms with E-state index >= 15 is 0 Å². The molecular formula is C35H33F9N2O5S. The number of alkyl halides is 6. The molecule has 7 nitrogen and oxygen atoms in total. The molecule has 2 saturated heterocycles. The van der Waals surface area contributed by atoms with Crippen LogP contribution in [0.1, 0.15) is 55.9 Å². The quantitative estimate of drug-likeness (QED) is 0.177. The zero-order valence-electron chi connectivity index (χ0n) is 27.7. The predicted octanol–water partition coefficient (Wildman–Crippen LogP) is 7.36. The molecule has 0 N–H and O–H groups in total. The molecule has 2 atom stereocenters. The minimum absolute atomic E-state index is 0.155. The number of rotatable bonds is 8. The standard InChI is InChI=1S/C35H33F9N2O5S/c1-21(30-28(37)4-3-5-29(30)38)51-33(34(39,40)41,35(42,43)44)25-8-6-24(7-9-25)32(52(49,50)27-12-10-26(36)11-13-27)16-19-46(20-32)31(48)23-14-17-45(18-15-23)22(2)47/h3-13,21,23H,14-20H2,1-2H3/t21?,32-/m0/s1. The Morgan fingerprint density at radius 1 is 0.808 bits per heavy atom. The summed E-state index contributed by atoms with van der Waals surface area (Å²) in [5.74, 6) is -4.87. The second-order valence-electron chi connectivity index (χ2n) is 12.9. The van der Waals surface area contributed by atoms with Gasteiger partial charge in [-0.1, -0.05) is 30.3 Å². The van der Waals surface area contributed by atoms with Crippen molar-refractivity contribution >= 4 is 21.7 Å². The molecule has 282 valence electrons. The van der Waals surface area contributed by atoms with E-state index in [0.29, 0.717) is 31.2 Å². The maximum atomic E-state index is 14.7. The van der Waals surface area contributed by atoms with Crippen LogP contribution < -0.4 is 0 Å². The van der Waals surface area contributed by atoms with Gasteiger partial charge in [0.05, 0.1) is 16.6 Å². The second kappa shape index (κ2) is 14.0. The largest absolute Gasteiger partial charge is 0.430 e. The Balaban J connectivity index is 1.58. The van der Waals surface area contributed by atoms with Crippen LogP contribution in [0.4, 0.5) is 39.5 Å². The Kier molecular flexibility index (Phi) is 10.5. The molecule has 2 fully saturated rings. The summed E-state index contributed by atoms with van der Waals surface area (Å²) in [6, 6.07) is 8.05. The topological polar surface area (TPSA) is 84.0 Å². The molecule has 0 aliphatic carbocycles. The molecule has 2 aliphatic rings. The van der Waals surface area contributed by atoms with Crippen LogP contribution in [0.2, 0.25) is 0 Å². The van der Waals surface area contributed by atoms with Crippen LogP contribution >= 0.6 is 0 Å². The number of halogens is 9. The monoisotopic (exact) mass is 764 g/mol. The van der Waals surface area contributed by atoms with Gasteiger partial charge >= 0.3 is 12.4 Å². The van der Waals surface area contributed by atoms with Crippen LogP contribution in [0.3, 0.4) is 0 Å². The summed E-state index contributed by atoms with van der Waals surface area (Å²) in [6.07, 6.45) is -14.7. The Hall–Kier alpha value is -4.12. The lowest BCUT2D eigenvalue weighted by Gasteiger charge is -2.40. The molecule has 0 bridgehead atoms. The first-order chi connectivity index (χ1) is 24.2. The normalized spacial score (nSPS) is 19.9. The molecule has 2 aliphatic heterocycles. The summed E-state index contributed by atoms with van der Waals surface area (Å²) in [5.41, 5.74) is -8.14. The fraction of sp³-hybridized carbons (Fsp3) is 0.429. The van der Waals surface area contributed by atoms with E-state index in [0.717, 1.165) is 42.5 Å². The van der Waals surface area contributed by atoms with Gasteiger partial charge in [-0.15, -0.1) is 0 Å². The van der Waals surface area contributed by atoms with Gasteiger partial charge in [-0.05, 0) is 68.1 Å². The van der Waals surface area contributed by atoms with Crippen molar-refractivity contribution in [3.05, 3.63) is 101 Å². The van der Waals surface area contributed by atoms with Crippen molar-refractivity contribution in [2.75, 3.05) is 26.2 Å². The molecule has 2 heterocycles. The first-order valence-electron chi connectivity index (χ1n) is 16.1. The molecule has 2 amide bonds. The van der Waals surface area contributed by atoms with Gasteiger partial charge in [-0.25, -0.2) is 21.6 Å². The molecular weight excluding hydrogens is 731 g/mol. The third-order valence-corrected chi connectivity index (χ3v) is 12.3. The third kappa shape index (κ3) is 6.76. The lowest BCUT2D eigenvalue weighted by molar-refractivity contribution is -0.399. The number of carbonyl (C=O) groups excluding carboxylic acids is 2. The summed E-state index contributed by atoms with van der Waals surface area (Å²) in [6.45, 7) is 1.88. The molecule has 3 aromatic carbocycles. The number of sulfone groups is 1. The van der Waals surface area contributed by atoms with Crippen LogP contribution in [-0.4, -0.2) is 68.6 Å². The summed E-state index contributed by atoms with van der Waals surface area (Å²) in [5, 5.41) is 0. The van der Waals surface area contributed by atoms with Crippen molar-refractivity contribution in [3.8, 4) is 0 Å². The summed E-state index contributed by atoms with van der Waals surface area (Å²) in [7, 11) is -4.63. The van der Waals surface area contributed by atoms with Crippen molar-refractivity contribution in [2.45, 2.75) is 66.8 Å². The zero-order chi connectivity index (χ0) is 38.4.